The summed E-state index contributed by atoms with van der Waals surface area (Å²) in [7, 11) is 0. The summed E-state index contributed by atoms with van der Waals surface area (Å²) in [5.41, 5.74) is 3.33. The van der Waals surface area contributed by atoms with E-state index in [2.05, 4.69) is 27.8 Å². The fraction of sp³-hybridized carbons (Fsp3) is 0.0952. The molecule has 5 heteroatoms. The molecule has 0 spiro atoms. The van der Waals surface area contributed by atoms with Crippen LogP contribution >= 0.6 is 22.9 Å². The van der Waals surface area contributed by atoms with Gasteiger partial charge < -0.3 is 10.1 Å². The number of aromatic nitrogens is 1. The van der Waals surface area contributed by atoms with Crippen molar-refractivity contribution >= 4 is 38.7 Å². The molecule has 1 N–H and O–H groups in total. The number of nitrogens with one attached hydrogen (secondary N) is 1. The minimum atomic E-state index is 0.466. The summed E-state index contributed by atoms with van der Waals surface area (Å²) < 4.78 is 7.11. The molecule has 0 saturated heterocycles. The Morgan fingerprint density at radius 2 is 1.92 bits per heavy atom. The Labute approximate surface area is 161 Å². The van der Waals surface area contributed by atoms with Crippen molar-refractivity contribution in [3.63, 3.8) is 0 Å². The van der Waals surface area contributed by atoms with Gasteiger partial charge in [0.15, 0.2) is 0 Å². The lowest BCUT2D eigenvalue weighted by Crippen LogP contribution is -2.00. The normalized spacial score (nSPS) is 10.8. The lowest BCUT2D eigenvalue weighted by molar-refractivity contribution is 0.308. The second-order valence-corrected chi connectivity index (χ2v) is 7.16. The molecule has 3 nitrogen and oxygen atoms in total. The average molecular weight is 381 g/mol. The Morgan fingerprint density at radius 1 is 1.04 bits per heavy atom. The maximum Gasteiger partial charge on any atom is 0.138 e. The lowest BCUT2D eigenvalue weighted by atomic mass is 10.2. The molecule has 0 aliphatic rings. The highest BCUT2D eigenvalue weighted by Gasteiger charge is 2.09. The highest BCUT2D eigenvalue weighted by molar-refractivity contribution is 7.17. The molecule has 0 saturated carbocycles. The third kappa shape index (κ3) is 3.82. The van der Waals surface area contributed by atoms with Crippen molar-refractivity contribution in [2.75, 3.05) is 5.32 Å². The molecule has 0 bridgehead atoms. The number of benzene rings is 2. The van der Waals surface area contributed by atoms with Crippen LogP contribution in [0.25, 0.3) is 10.1 Å². The zero-order valence-electron chi connectivity index (χ0n) is 14.0. The summed E-state index contributed by atoms with van der Waals surface area (Å²) in [5, 5.41) is 7.02. The SMILES string of the molecule is Clc1nccc2scc(COc3cccc(NCc4ccccc4)c3)c12. The van der Waals surface area contributed by atoms with Crippen LogP contribution in [0.4, 0.5) is 5.69 Å². The van der Waals surface area contributed by atoms with Crippen molar-refractivity contribution in [3.05, 3.63) is 88.5 Å². The van der Waals surface area contributed by atoms with E-state index in [9.17, 15) is 0 Å². The van der Waals surface area contributed by atoms with Gasteiger partial charge in [-0.3, -0.25) is 0 Å². The van der Waals surface area contributed by atoms with Gasteiger partial charge in [0.2, 0.25) is 0 Å². The number of hydrogen-bond donors (Lipinski definition) is 1. The summed E-state index contributed by atoms with van der Waals surface area (Å²) in [6, 6.07) is 20.3. The van der Waals surface area contributed by atoms with Gasteiger partial charge in [0.1, 0.15) is 17.5 Å². The quantitative estimate of drug-likeness (QED) is 0.408. The van der Waals surface area contributed by atoms with Crippen LogP contribution in [-0.4, -0.2) is 4.98 Å². The molecule has 2 aromatic heterocycles. The van der Waals surface area contributed by atoms with Gasteiger partial charge in [-0.2, -0.15) is 0 Å². The standard InChI is InChI=1S/C21H17ClN2OS/c22-21-20-16(14-26-19(20)9-10-23-21)13-25-18-8-4-7-17(11-18)24-12-15-5-2-1-3-6-15/h1-11,14,24H,12-13H2. The Bertz CT molecular complexity index is 1020. The first-order valence-corrected chi connectivity index (χ1v) is 9.56. The number of ether oxygens (including phenoxy) is 1. The van der Waals surface area contributed by atoms with E-state index in [4.69, 9.17) is 16.3 Å². The maximum atomic E-state index is 6.24. The van der Waals surface area contributed by atoms with Gasteiger partial charge in [-0.05, 0) is 29.1 Å². The number of anilines is 1. The van der Waals surface area contributed by atoms with E-state index < -0.39 is 0 Å². The van der Waals surface area contributed by atoms with Gasteiger partial charge in [-0.25, -0.2) is 4.98 Å². The zero-order chi connectivity index (χ0) is 17.8. The zero-order valence-corrected chi connectivity index (χ0v) is 15.6. The average Bonchev–Trinajstić information content (AvgIpc) is 3.10. The van der Waals surface area contributed by atoms with Crippen LogP contribution in [0.1, 0.15) is 11.1 Å². The summed E-state index contributed by atoms with van der Waals surface area (Å²) in [4.78, 5) is 4.17. The summed E-state index contributed by atoms with van der Waals surface area (Å²) in [6.45, 7) is 1.24. The monoisotopic (exact) mass is 380 g/mol. The number of hydrogen-bond acceptors (Lipinski definition) is 4. The minimum absolute atomic E-state index is 0.466. The van der Waals surface area contributed by atoms with Crippen LogP contribution in [0, 0.1) is 0 Å². The highest BCUT2D eigenvalue weighted by atomic mass is 35.5. The molecule has 2 heterocycles. The fourth-order valence-corrected chi connectivity index (χ4v) is 4.04. The van der Waals surface area contributed by atoms with E-state index in [0.29, 0.717) is 11.8 Å². The molecule has 130 valence electrons. The Hall–Kier alpha value is -2.56. The van der Waals surface area contributed by atoms with Crippen LogP contribution in [0.2, 0.25) is 5.15 Å². The van der Waals surface area contributed by atoms with E-state index in [1.807, 2.05) is 48.5 Å². The van der Waals surface area contributed by atoms with Crippen molar-refractivity contribution in [2.24, 2.45) is 0 Å². The summed E-state index contributed by atoms with van der Waals surface area (Å²) in [5.74, 6) is 0.822. The Morgan fingerprint density at radius 3 is 2.81 bits per heavy atom. The molecule has 0 aliphatic carbocycles. The van der Waals surface area contributed by atoms with Crippen LogP contribution < -0.4 is 10.1 Å². The molecule has 0 unspecified atom stereocenters. The van der Waals surface area contributed by atoms with Gasteiger partial charge in [-0.1, -0.05) is 48.0 Å². The molecule has 0 atom stereocenters. The first kappa shape index (κ1) is 16.9. The second kappa shape index (κ2) is 7.77. The molecule has 0 fully saturated rings. The van der Waals surface area contributed by atoms with E-state index in [-0.39, 0.29) is 0 Å². The maximum absolute atomic E-state index is 6.24. The van der Waals surface area contributed by atoms with Crippen LogP contribution in [0.5, 0.6) is 5.75 Å². The number of nitrogens with zero attached hydrogens (tertiary/aromatic N) is 1. The fourth-order valence-electron chi connectivity index (χ4n) is 2.77. The van der Waals surface area contributed by atoms with E-state index >= 15 is 0 Å². The predicted octanol–water partition coefficient (Wildman–Crippen LogP) is 6.14. The van der Waals surface area contributed by atoms with E-state index in [1.165, 1.54) is 5.56 Å². The largest absolute Gasteiger partial charge is 0.489 e. The number of pyridine rings is 1. The van der Waals surface area contributed by atoms with Crippen molar-refractivity contribution in [1.29, 1.82) is 0 Å². The van der Waals surface area contributed by atoms with Gasteiger partial charge in [0.05, 0.1) is 0 Å². The molecule has 0 aliphatic heterocycles. The molecule has 2 aromatic carbocycles. The number of fused-ring (bicyclic) bond motifs is 1. The third-order valence-corrected chi connectivity index (χ3v) is 5.37. The molecular weight excluding hydrogens is 364 g/mol. The number of rotatable bonds is 6. The smallest absolute Gasteiger partial charge is 0.138 e. The van der Waals surface area contributed by atoms with Crippen molar-refractivity contribution in [3.8, 4) is 5.75 Å². The third-order valence-electron chi connectivity index (χ3n) is 4.08. The minimum Gasteiger partial charge on any atom is -0.489 e. The molecule has 0 amide bonds. The number of thiophene rings is 1. The topological polar surface area (TPSA) is 34.1 Å². The first-order chi connectivity index (χ1) is 12.8. The number of halogens is 1. The van der Waals surface area contributed by atoms with Crippen molar-refractivity contribution in [1.82, 2.24) is 4.98 Å². The van der Waals surface area contributed by atoms with Crippen LogP contribution in [0.3, 0.4) is 0 Å². The highest BCUT2D eigenvalue weighted by Crippen LogP contribution is 2.31. The van der Waals surface area contributed by atoms with Crippen LogP contribution in [-0.2, 0) is 13.2 Å². The predicted molar refractivity (Wildman–Crippen MR) is 109 cm³/mol. The molecule has 0 radical (unpaired) electrons. The van der Waals surface area contributed by atoms with Gasteiger partial charge in [0.25, 0.3) is 0 Å². The molecular formula is C21H17ClN2OS. The van der Waals surface area contributed by atoms with E-state index in [0.717, 1.165) is 33.6 Å². The lowest BCUT2D eigenvalue weighted by Gasteiger charge is -2.10. The van der Waals surface area contributed by atoms with Crippen molar-refractivity contribution in [2.45, 2.75) is 13.2 Å². The molecule has 4 rings (SSSR count). The van der Waals surface area contributed by atoms with Gasteiger partial charge in [-0.15, -0.1) is 11.3 Å². The van der Waals surface area contributed by atoms with Gasteiger partial charge in [0, 0.05) is 40.1 Å². The molecule has 4 aromatic rings. The van der Waals surface area contributed by atoms with Crippen LogP contribution in [0.15, 0.2) is 72.2 Å². The van der Waals surface area contributed by atoms with Gasteiger partial charge >= 0.3 is 0 Å². The van der Waals surface area contributed by atoms with E-state index in [1.54, 1.807) is 17.5 Å². The Kier molecular flexibility index (Phi) is 5.04. The second-order valence-electron chi connectivity index (χ2n) is 5.89. The first-order valence-electron chi connectivity index (χ1n) is 8.31. The van der Waals surface area contributed by atoms with Crippen molar-refractivity contribution < 1.29 is 4.74 Å². The Balaban J connectivity index is 1.43. The molecule has 26 heavy (non-hydrogen) atoms. The summed E-state index contributed by atoms with van der Waals surface area (Å²) in [6.07, 6.45) is 1.73. The summed E-state index contributed by atoms with van der Waals surface area (Å²) >= 11 is 7.90.